The highest BCUT2D eigenvalue weighted by molar-refractivity contribution is 5.86. The van der Waals surface area contributed by atoms with E-state index in [0.29, 0.717) is 17.1 Å². The van der Waals surface area contributed by atoms with Gasteiger partial charge >= 0.3 is 5.69 Å². The molecule has 0 bridgehead atoms. The summed E-state index contributed by atoms with van der Waals surface area (Å²) in [4.78, 5) is 22.3. The standard InChI is InChI=1S/C18H19N3O6/c1-12-7-8-15(14(9-12)21(23)24)27-11-17(22)20-19-10-13-5-4-6-16(25-2)18(13)26-3/h4-10H,11H2,1-3H3,(H,20,22)/b19-10+. The van der Waals surface area contributed by atoms with Gasteiger partial charge in [-0.15, -0.1) is 0 Å². The molecule has 9 nitrogen and oxygen atoms in total. The maximum atomic E-state index is 11.9. The van der Waals surface area contributed by atoms with E-state index in [1.807, 2.05) is 0 Å². The normalized spacial score (nSPS) is 10.5. The predicted molar refractivity (Wildman–Crippen MR) is 98.6 cm³/mol. The van der Waals surface area contributed by atoms with Crippen LogP contribution in [0.4, 0.5) is 5.69 Å². The van der Waals surface area contributed by atoms with E-state index >= 15 is 0 Å². The number of amides is 1. The molecule has 0 spiro atoms. The zero-order valence-electron chi connectivity index (χ0n) is 15.1. The lowest BCUT2D eigenvalue weighted by Crippen LogP contribution is -2.24. The maximum absolute atomic E-state index is 11.9. The van der Waals surface area contributed by atoms with Crippen LogP contribution in [0.2, 0.25) is 0 Å². The average Bonchev–Trinajstić information content (AvgIpc) is 2.66. The van der Waals surface area contributed by atoms with E-state index in [4.69, 9.17) is 14.2 Å². The topological polar surface area (TPSA) is 112 Å². The molecule has 2 rings (SSSR count). The summed E-state index contributed by atoms with van der Waals surface area (Å²) in [5.74, 6) is 0.453. The summed E-state index contributed by atoms with van der Waals surface area (Å²) in [7, 11) is 3.01. The molecule has 0 aromatic heterocycles. The Hall–Kier alpha value is -3.62. The molecule has 0 unspecified atom stereocenters. The third-order valence-corrected chi connectivity index (χ3v) is 3.50. The number of hydrogen-bond donors (Lipinski definition) is 1. The molecular weight excluding hydrogens is 354 g/mol. The lowest BCUT2D eigenvalue weighted by molar-refractivity contribution is -0.385. The number of rotatable bonds is 8. The molecule has 0 heterocycles. The molecule has 0 radical (unpaired) electrons. The van der Waals surface area contributed by atoms with E-state index in [9.17, 15) is 14.9 Å². The molecule has 0 saturated heterocycles. The minimum atomic E-state index is -0.567. The van der Waals surface area contributed by atoms with Crippen molar-refractivity contribution >= 4 is 17.8 Å². The fraction of sp³-hybridized carbons (Fsp3) is 0.222. The molecule has 1 N–H and O–H groups in total. The largest absolute Gasteiger partial charge is 0.493 e. The van der Waals surface area contributed by atoms with Crippen LogP contribution in [0, 0.1) is 17.0 Å². The third kappa shape index (κ3) is 5.18. The lowest BCUT2D eigenvalue weighted by atomic mass is 10.2. The second kappa shape index (κ2) is 9.18. The van der Waals surface area contributed by atoms with Gasteiger partial charge in [0, 0.05) is 11.6 Å². The highest BCUT2D eigenvalue weighted by Crippen LogP contribution is 2.29. The molecule has 0 aliphatic heterocycles. The number of hydrogen-bond acceptors (Lipinski definition) is 7. The van der Waals surface area contributed by atoms with Crippen molar-refractivity contribution in [3.8, 4) is 17.2 Å². The summed E-state index contributed by atoms with van der Waals surface area (Å²) in [5.41, 5.74) is 3.41. The number of methoxy groups -OCH3 is 2. The fourth-order valence-corrected chi connectivity index (χ4v) is 2.26. The van der Waals surface area contributed by atoms with E-state index in [2.05, 4.69) is 10.5 Å². The van der Waals surface area contributed by atoms with E-state index in [-0.39, 0.29) is 11.4 Å². The molecule has 0 aliphatic rings. The minimum Gasteiger partial charge on any atom is -0.493 e. The second-order valence-corrected chi connectivity index (χ2v) is 5.39. The summed E-state index contributed by atoms with van der Waals surface area (Å²) in [6.45, 7) is 1.31. The van der Waals surface area contributed by atoms with Crippen LogP contribution in [0.25, 0.3) is 0 Å². The number of nitrogens with one attached hydrogen (secondary N) is 1. The quantitative estimate of drug-likeness (QED) is 0.432. The Morgan fingerprint density at radius 1 is 1.22 bits per heavy atom. The van der Waals surface area contributed by atoms with E-state index < -0.39 is 17.4 Å². The monoisotopic (exact) mass is 373 g/mol. The minimum absolute atomic E-state index is 0.0131. The van der Waals surface area contributed by atoms with Crippen molar-refractivity contribution in [1.29, 1.82) is 0 Å². The number of hydrazone groups is 1. The third-order valence-electron chi connectivity index (χ3n) is 3.50. The summed E-state index contributed by atoms with van der Waals surface area (Å²) in [6, 6.07) is 9.71. The van der Waals surface area contributed by atoms with Crippen molar-refractivity contribution in [1.82, 2.24) is 5.43 Å². The number of ether oxygens (including phenoxy) is 3. The first-order valence-corrected chi connectivity index (χ1v) is 7.87. The van der Waals surface area contributed by atoms with Crippen molar-refractivity contribution in [3.63, 3.8) is 0 Å². The SMILES string of the molecule is COc1cccc(/C=N/NC(=O)COc2ccc(C)cc2[N+](=O)[O-])c1OC. The summed E-state index contributed by atoms with van der Waals surface area (Å²) < 4.78 is 15.7. The van der Waals surface area contributed by atoms with E-state index in [1.54, 1.807) is 31.2 Å². The van der Waals surface area contributed by atoms with Gasteiger partial charge in [-0.05, 0) is 30.7 Å². The van der Waals surface area contributed by atoms with Gasteiger partial charge in [0.15, 0.2) is 23.9 Å². The highest BCUT2D eigenvalue weighted by atomic mass is 16.6. The van der Waals surface area contributed by atoms with Crippen molar-refractivity contribution in [2.75, 3.05) is 20.8 Å². The van der Waals surface area contributed by atoms with Crippen LogP contribution in [0.3, 0.4) is 0 Å². The van der Waals surface area contributed by atoms with Gasteiger partial charge in [0.1, 0.15) is 0 Å². The Bertz CT molecular complexity index is 866. The van der Waals surface area contributed by atoms with Crippen LogP contribution in [0.1, 0.15) is 11.1 Å². The highest BCUT2D eigenvalue weighted by Gasteiger charge is 2.16. The second-order valence-electron chi connectivity index (χ2n) is 5.39. The Morgan fingerprint density at radius 3 is 2.67 bits per heavy atom. The summed E-state index contributed by atoms with van der Waals surface area (Å²) in [5, 5.41) is 14.9. The van der Waals surface area contributed by atoms with Gasteiger partial charge in [-0.2, -0.15) is 5.10 Å². The molecule has 0 atom stereocenters. The molecule has 9 heteroatoms. The van der Waals surface area contributed by atoms with Gasteiger partial charge in [-0.3, -0.25) is 14.9 Å². The Balaban J connectivity index is 1.98. The van der Waals surface area contributed by atoms with Crippen LogP contribution >= 0.6 is 0 Å². The number of carbonyl (C=O) groups is 1. The van der Waals surface area contributed by atoms with Gasteiger partial charge in [0.05, 0.1) is 25.4 Å². The van der Waals surface area contributed by atoms with E-state index in [1.165, 1.54) is 32.6 Å². The van der Waals surface area contributed by atoms with E-state index in [0.717, 1.165) is 5.56 Å². The van der Waals surface area contributed by atoms with Crippen molar-refractivity contribution < 1.29 is 23.9 Å². The molecule has 0 aliphatic carbocycles. The molecule has 142 valence electrons. The molecular formula is C18H19N3O6. The van der Waals surface area contributed by atoms with Gasteiger partial charge < -0.3 is 14.2 Å². The first-order chi connectivity index (χ1) is 13.0. The van der Waals surface area contributed by atoms with Crippen LogP contribution < -0.4 is 19.6 Å². The smallest absolute Gasteiger partial charge is 0.311 e. The van der Waals surface area contributed by atoms with Gasteiger partial charge in [0.2, 0.25) is 0 Å². The van der Waals surface area contributed by atoms with Gasteiger partial charge in [0.25, 0.3) is 5.91 Å². The van der Waals surface area contributed by atoms with Gasteiger partial charge in [-0.1, -0.05) is 12.1 Å². The van der Waals surface area contributed by atoms with Crippen LogP contribution in [-0.2, 0) is 4.79 Å². The average molecular weight is 373 g/mol. The first kappa shape index (κ1) is 19.7. The van der Waals surface area contributed by atoms with Crippen LogP contribution in [0.5, 0.6) is 17.2 Å². The Labute approximate surface area is 155 Å². The summed E-state index contributed by atoms with van der Waals surface area (Å²) in [6.07, 6.45) is 1.40. The molecule has 0 saturated carbocycles. The fourth-order valence-electron chi connectivity index (χ4n) is 2.26. The molecule has 2 aromatic carbocycles. The molecule has 1 amide bonds. The Morgan fingerprint density at radius 2 is 2.00 bits per heavy atom. The lowest BCUT2D eigenvalue weighted by Gasteiger charge is -2.09. The number of carbonyl (C=O) groups excluding carboxylic acids is 1. The first-order valence-electron chi connectivity index (χ1n) is 7.87. The number of para-hydroxylation sites is 1. The molecule has 0 fully saturated rings. The zero-order chi connectivity index (χ0) is 19.8. The predicted octanol–water partition coefficient (Wildman–Crippen LogP) is 2.45. The number of nitro benzene ring substituents is 1. The number of aryl methyl sites for hydroxylation is 1. The van der Waals surface area contributed by atoms with Crippen molar-refractivity contribution in [3.05, 3.63) is 57.6 Å². The Kier molecular flexibility index (Phi) is 6.70. The molecule has 2 aromatic rings. The van der Waals surface area contributed by atoms with Crippen molar-refractivity contribution in [2.45, 2.75) is 6.92 Å². The van der Waals surface area contributed by atoms with Gasteiger partial charge in [-0.25, -0.2) is 5.43 Å². The summed E-state index contributed by atoms with van der Waals surface area (Å²) >= 11 is 0. The maximum Gasteiger partial charge on any atom is 0.311 e. The number of benzene rings is 2. The van der Waals surface area contributed by atoms with Crippen molar-refractivity contribution in [2.24, 2.45) is 5.10 Å². The molecule has 27 heavy (non-hydrogen) atoms. The van der Waals surface area contributed by atoms with Crippen LogP contribution in [0.15, 0.2) is 41.5 Å². The number of nitro groups is 1. The number of nitrogens with zero attached hydrogens (tertiary/aromatic N) is 2. The van der Waals surface area contributed by atoms with Crippen LogP contribution in [-0.4, -0.2) is 37.9 Å². The zero-order valence-corrected chi connectivity index (χ0v) is 15.1.